The molecule has 1 unspecified atom stereocenters. The Morgan fingerprint density at radius 2 is 2.00 bits per heavy atom. The van der Waals surface area contributed by atoms with Gasteiger partial charge in [-0.25, -0.2) is 4.79 Å². The summed E-state index contributed by atoms with van der Waals surface area (Å²) in [6, 6.07) is 6.52. The van der Waals surface area contributed by atoms with E-state index in [1.165, 1.54) is 6.07 Å². The normalized spacial score (nSPS) is 12.4. The Morgan fingerprint density at radius 3 is 2.65 bits per heavy atom. The molecule has 0 saturated heterocycles. The first-order valence-corrected chi connectivity index (χ1v) is 7.19. The van der Waals surface area contributed by atoms with E-state index in [4.69, 9.17) is 5.11 Å². The molecule has 0 spiro atoms. The lowest BCUT2D eigenvalue weighted by molar-refractivity contribution is 0.0692. The van der Waals surface area contributed by atoms with Gasteiger partial charge in [-0.3, -0.25) is 0 Å². The Labute approximate surface area is 105 Å². The summed E-state index contributed by atoms with van der Waals surface area (Å²) in [7, 11) is 0. The fourth-order valence-corrected chi connectivity index (χ4v) is 2.93. The Bertz CT molecular complexity index is 365. The first-order chi connectivity index (χ1) is 8.16. The lowest BCUT2D eigenvalue weighted by atomic mass is 10.2. The molecule has 0 aliphatic carbocycles. The maximum absolute atomic E-state index is 12.0. The van der Waals surface area contributed by atoms with E-state index in [-0.39, 0.29) is 5.56 Å². The molecule has 0 heterocycles. The van der Waals surface area contributed by atoms with Gasteiger partial charge in [0.05, 0.1) is 0 Å². The number of rotatable bonds is 7. The molecule has 0 bridgehead atoms. The molecule has 0 radical (unpaired) electrons. The molecule has 1 rings (SSSR count). The summed E-state index contributed by atoms with van der Waals surface area (Å²) in [5, 5.41) is 8.99. The second kappa shape index (κ2) is 7.35. The molecule has 17 heavy (non-hydrogen) atoms. The Balaban J connectivity index is 2.62. The van der Waals surface area contributed by atoms with E-state index in [2.05, 4.69) is 6.92 Å². The molecule has 0 aliphatic rings. The molecule has 3 nitrogen and oxygen atoms in total. The van der Waals surface area contributed by atoms with E-state index in [0.29, 0.717) is 10.6 Å². The Kier molecular flexibility index (Phi) is 6.08. The predicted molar refractivity (Wildman–Crippen MR) is 68.8 cm³/mol. The van der Waals surface area contributed by atoms with Crippen LogP contribution in [-0.2, 0) is 11.2 Å². The van der Waals surface area contributed by atoms with Gasteiger partial charge in [0.15, 0.2) is 4.90 Å². The Hall–Kier alpha value is -1.00. The van der Waals surface area contributed by atoms with Crippen LogP contribution < -0.4 is 0 Å². The van der Waals surface area contributed by atoms with Gasteiger partial charge in [0.25, 0.3) is 0 Å². The van der Waals surface area contributed by atoms with Crippen molar-refractivity contribution in [3.63, 3.8) is 0 Å². The summed E-state index contributed by atoms with van der Waals surface area (Å²) < 4.78 is 12.0. The molecule has 4 heteroatoms. The van der Waals surface area contributed by atoms with Gasteiger partial charge in [-0.15, -0.1) is 0 Å². The quantitative estimate of drug-likeness (QED) is 0.601. The highest BCUT2D eigenvalue weighted by Gasteiger charge is 2.19. The first kappa shape index (κ1) is 14.1. The molecule has 1 atom stereocenters. The minimum atomic E-state index is -1.20. The van der Waals surface area contributed by atoms with Crippen LogP contribution in [0.3, 0.4) is 0 Å². The van der Waals surface area contributed by atoms with Gasteiger partial charge < -0.3 is 9.66 Å². The van der Waals surface area contributed by atoms with Gasteiger partial charge in [-0.1, -0.05) is 31.9 Å². The van der Waals surface area contributed by atoms with Gasteiger partial charge in [0.1, 0.15) is 11.3 Å². The van der Waals surface area contributed by atoms with Crippen LogP contribution in [0.1, 0.15) is 43.0 Å². The van der Waals surface area contributed by atoms with Crippen LogP contribution in [0, 0.1) is 0 Å². The first-order valence-electron chi connectivity index (χ1n) is 5.87. The van der Waals surface area contributed by atoms with Crippen molar-refractivity contribution in [3.8, 4) is 0 Å². The highest BCUT2D eigenvalue weighted by atomic mass is 32.2. The summed E-state index contributed by atoms with van der Waals surface area (Å²) in [4.78, 5) is 11.4. The number of carboxylic acid groups (broad SMARTS) is 1. The summed E-state index contributed by atoms with van der Waals surface area (Å²) in [6.07, 6.45) is 4.21. The maximum atomic E-state index is 12.0. The van der Waals surface area contributed by atoms with E-state index >= 15 is 0 Å². The molecule has 0 aromatic heterocycles. The standard InChI is InChI=1S/C13H18O3S/c1-2-3-4-7-10-17(16)12-9-6-5-8-11(12)13(14)15/h5-6,8-9H,2-4,7,10H2,1H3,(H,14,15). The molecule has 1 aromatic carbocycles. The van der Waals surface area contributed by atoms with E-state index in [0.717, 1.165) is 25.7 Å². The van der Waals surface area contributed by atoms with Crippen molar-refractivity contribution < 1.29 is 14.5 Å². The molecular formula is C13H18O3S. The van der Waals surface area contributed by atoms with Crippen molar-refractivity contribution in [2.24, 2.45) is 0 Å². The predicted octanol–water partition coefficient (Wildman–Crippen LogP) is 3.07. The molecule has 1 N–H and O–H groups in total. The minimum Gasteiger partial charge on any atom is -0.611 e. The van der Waals surface area contributed by atoms with Crippen molar-refractivity contribution in [1.29, 1.82) is 0 Å². The lowest BCUT2D eigenvalue weighted by Gasteiger charge is -2.12. The molecule has 0 fully saturated rings. The summed E-state index contributed by atoms with van der Waals surface area (Å²) in [6.45, 7) is 2.12. The topological polar surface area (TPSA) is 60.4 Å². The number of unbranched alkanes of at least 4 members (excludes halogenated alkanes) is 3. The largest absolute Gasteiger partial charge is 0.611 e. The molecule has 0 aliphatic heterocycles. The third-order valence-corrected chi connectivity index (χ3v) is 4.05. The smallest absolute Gasteiger partial charge is 0.340 e. The number of carbonyl (C=O) groups is 1. The van der Waals surface area contributed by atoms with E-state index in [9.17, 15) is 9.35 Å². The van der Waals surface area contributed by atoms with Crippen molar-refractivity contribution in [3.05, 3.63) is 29.8 Å². The average Bonchev–Trinajstić information content (AvgIpc) is 2.34. The highest BCUT2D eigenvalue weighted by Crippen LogP contribution is 2.18. The number of aromatic carboxylic acids is 1. The number of hydrogen-bond donors (Lipinski definition) is 1. The van der Waals surface area contributed by atoms with Crippen molar-refractivity contribution in [2.75, 3.05) is 5.75 Å². The van der Waals surface area contributed by atoms with Crippen LogP contribution in [0.2, 0.25) is 0 Å². The number of hydrogen-bond acceptors (Lipinski definition) is 2. The van der Waals surface area contributed by atoms with Crippen LogP contribution in [0.4, 0.5) is 0 Å². The van der Waals surface area contributed by atoms with Gasteiger partial charge in [0.2, 0.25) is 0 Å². The van der Waals surface area contributed by atoms with E-state index in [1.54, 1.807) is 18.2 Å². The van der Waals surface area contributed by atoms with Crippen LogP contribution in [-0.4, -0.2) is 21.4 Å². The minimum absolute atomic E-state index is 0.154. The molecule has 1 aromatic rings. The fourth-order valence-electron chi connectivity index (χ4n) is 1.61. The van der Waals surface area contributed by atoms with Gasteiger partial charge >= 0.3 is 5.97 Å². The fraction of sp³-hybridized carbons (Fsp3) is 0.462. The number of benzene rings is 1. The summed E-state index contributed by atoms with van der Waals surface area (Å²) in [5.41, 5.74) is 0.154. The lowest BCUT2D eigenvalue weighted by Crippen LogP contribution is -2.12. The molecule has 0 saturated carbocycles. The average molecular weight is 254 g/mol. The second-order valence-corrected chi connectivity index (χ2v) is 5.45. The van der Waals surface area contributed by atoms with Crippen LogP contribution in [0.5, 0.6) is 0 Å². The van der Waals surface area contributed by atoms with E-state index < -0.39 is 17.1 Å². The highest BCUT2D eigenvalue weighted by molar-refractivity contribution is 7.91. The van der Waals surface area contributed by atoms with Crippen molar-refractivity contribution in [2.45, 2.75) is 37.5 Å². The molecular weight excluding hydrogens is 236 g/mol. The Morgan fingerprint density at radius 1 is 1.29 bits per heavy atom. The monoisotopic (exact) mass is 254 g/mol. The van der Waals surface area contributed by atoms with Crippen molar-refractivity contribution >= 4 is 17.1 Å². The summed E-state index contributed by atoms with van der Waals surface area (Å²) >= 11 is -1.20. The molecule has 0 amide bonds. The third-order valence-electron chi connectivity index (χ3n) is 2.55. The third kappa shape index (κ3) is 4.40. The van der Waals surface area contributed by atoms with Crippen LogP contribution >= 0.6 is 0 Å². The van der Waals surface area contributed by atoms with Crippen LogP contribution in [0.15, 0.2) is 29.2 Å². The van der Waals surface area contributed by atoms with E-state index in [1.807, 2.05) is 0 Å². The maximum Gasteiger partial charge on any atom is 0.340 e. The zero-order valence-corrected chi connectivity index (χ0v) is 10.8. The SMILES string of the molecule is CCCCCC[S+]([O-])c1ccccc1C(=O)O. The summed E-state index contributed by atoms with van der Waals surface area (Å²) in [5.74, 6) is -0.466. The zero-order chi connectivity index (χ0) is 12.7. The second-order valence-electron chi connectivity index (χ2n) is 3.91. The van der Waals surface area contributed by atoms with Crippen molar-refractivity contribution in [1.82, 2.24) is 0 Å². The van der Waals surface area contributed by atoms with Gasteiger partial charge in [0, 0.05) is 0 Å². The van der Waals surface area contributed by atoms with Crippen LogP contribution in [0.25, 0.3) is 0 Å². The van der Waals surface area contributed by atoms with Gasteiger partial charge in [-0.2, -0.15) is 0 Å². The zero-order valence-electron chi connectivity index (χ0n) is 10.0. The number of carboxylic acids is 1. The van der Waals surface area contributed by atoms with Gasteiger partial charge in [-0.05, 0) is 36.2 Å². The molecule has 94 valence electrons.